The van der Waals surface area contributed by atoms with Crippen molar-refractivity contribution < 1.29 is 4.79 Å². The number of aromatic nitrogens is 2. The number of nitrogens with two attached hydrogens (primary N) is 1. The van der Waals surface area contributed by atoms with Gasteiger partial charge in [-0.3, -0.25) is 9.89 Å². The second-order valence-electron chi connectivity index (χ2n) is 5.45. The number of nitrogens with zero attached hydrogens (tertiary/aromatic N) is 2. The number of likely N-dealkylation sites (tertiary alicyclic amines) is 1. The molecule has 5 nitrogen and oxygen atoms in total. The van der Waals surface area contributed by atoms with Crippen molar-refractivity contribution in [1.82, 2.24) is 15.1 Å². The molecule has 1 aliphatic heterocycles. The fraction of sp³-hybridized carbons (Fsp3) is 0.467. The summed E-state index contributed by atoms with van der Waals surface area (Å²) in [6.45, 7) is 2.32. The molecule has 1 aliphatic rings. The fourth-order valence-electron chi connectivity index (χ4n) is 3.00. The van der Waals surface area contributed by atoms with E-state index in [1.807, 2.05) is 29.2 Å². The van der Waals surface area contributed by atoms with Crippen molar-refractivity contribution >= 4 is 16.8 Å². The number of aromatic amines is 1. The summed E-state index contributed by atoms with van der Waals surface area (Å²) < 4.78 is 0. The lowest BCUT2D eigenvalue weighted by Gasteiger charge is -2.32. The molecule has 20 heavy (non-hydrogen) atoms. The molecule has 0 radical (unpaired) electrons. The lowest BCUT2D eigenvalue weighted by molar-refractivity contribution is 0.0665. The second kappa shape index (κ2) is 5.63. The maximum Gasteiger partial charge on any atom is 0.275 e. The molecule has 0 saturated carbocycles. The molecule has 3 N–H and O–H groups in total. The largest absolute Gasteiger partial charge is 0.337 e. The lowest BCUT2D eigenvalue weighted by Crippen LogP contribution is -2.40. The van der Waals surface area contributed by atoms with Gasteiger partial charge in [-0.15, -0.1) is 0 Å². The standard InChI is InChI=1S/C15H20N4O/c16-8-7-11-4-3-9-19(10-11)15(20)14-12-5-1-2-6-13(12)17-18-14/h1-2,5-6,11H,3-4,7-10,16H2,(H,17,18). The monoisotopic (exact) mass is 272 g/mol. The van der Waals surface area contributed by atoms with Crippen LogP contribution in [0.3, 0.4) is 0 Å². The fourth-order valence-corrected chi connectivity index (χ4v) is 3.00. The Kier molecular flexibility index (Phi) is 3.69. The van der Waals surface area contributed by atoms with Crippen molar-refractivity contribution in [3.8, 4) is 0 Å². The third-order valence-corrected chi connectivity index (χ3v) is 4.05. The average Bonchev–Trinajstić information content (AvgIpc) is 2.91. The van der Waals surface area contributed by atoms with Gasteiger partial charge in [-0.05, 0) is 37.8 Å². The maximum absolute atomic E-state index is 12.6. The van der Waals surface area contributed by atoms with Gasteiger partial charge in [-0.25, -0.2) is 0 Å². The van der Waals surface area contributed by atoms with E-state index in [1.165, 1.54) is 6.42 Å². The summed E-state index contributed by atoms with van der Waals surface area (Å²) in [5.74, 6) is 0.562. The van der Waals surface area contributed by atoms with E-state index in [9.17, 15) is 4.79 Å². The summed E-state index contributed by atoms with van der Waals surface area (Å²) >= 11 is 0. The Balaban J connectivity index is 1.81. The van der Waals surface area contributed by atoms with Crippen LogP contribution in [0, 0.1) is 5.92 Å². The molecule has 3 rings (SSSR count). The highest BCUT2D eigenvalue weighted by atomic mass is 16.2. The summed E-state index contributed by atoms with van der Waals surface area (Å²) in [6.07, 6.45) is 3.21. The molecule has 1 aromatic heterocycles. The number of nitrogens with one attached hydrogen (secondary N) is 1. The second-order valence-corrected chi connectivity index (χ2v) is 5.45. The first-order chi connectivity index (χ1) is 9.79. The Hall–Kier alpha value is -1.88. The number of fused-ring (bicyclic) bond motifs is 1. The minimum absolute atomic E-state index is 0.0316. The number of hydrogen-bond donors (Lipinski definition) is 2. The Morgan fingerprint density at radius 1 is 1.45 bits per heavy atom. The number of carbonyl (C=O) groups excluding carboxylic acids is 1. The van der Waals surface area contributed by atoms with Crippen LogP contribution in [0.15, 0.2) is 24.3 Å². The summed E-state index contributed by atoms with van der Waals surface area (Å²) in [5.41, 5.74) is 7.07. The molecule has 1 fully saturated rings. The predicted molar refractivity (Wildman–Crippen MR) is 78.4 cm³/mol. The molecule has 1 aromatic carbocycles. The zero-order chi connectivity index (χ0) is 13.9. The van der Waals surface area contributed by atoms with Gasteiger partial charge in [0.15, 0.2) is 5.69 Å². The number of rotatable bonds is 3. The minimum Gasteiger partial charge on any atom is -0.337 e. The van der Waals surface area contributed by atoms with Gasteiger partial charge in [0.25, 0.3) is 5.91 Å². The van der Waals surface area contributed by atoms with Crippen LogP contribution >= 0.6 is 0 Å². The Labute approximate surface area is 118 Å². The summed E-state index contributed by atoms with van der Waals surface area (Å²) in [4.78, 5) is 14.6. The number of piperidine rings is 1. The number of H-pyrrole nitrogens is 1. The lowest BCUT2D eigenvalue weighted by atomic mass is 9.94. The maximum atomic E-state index is 12.6. The van der Waals surface area contributed by atoms with Gasteiger partial charge in [-0.1, -0.05) is 18.2 Å². The zero-order valence-corrected chi connectivity index (χ0v) is 11.5. The molecule has 2 heterocycles. The minimum atomic E-state index is 0.0316. The SMILES string of the molecule is NCCC1CCCN(C(=O)c2n[nH]c3ccccc23)C1. The first-order valence-electron chi connectivity index (χ1n) is 7.22. The van der Waals surface area contributed by atoms with Crippen LogP contribution < -0.4 is 5.73 Å². The number of para-hydroxylation sites is 1. The van der Waals surface area contributed by atoms with E-state index in [1.54, 1.807) is 0 Å². The third-order valence-electron chi connectivity index (χ3n) is 4.05. The molecular weight excluding hydrogens is 252 g/mol. The van der Waals surface area contributed by atoms with Crippen LogP contribution in [0.4, 0.5) is 0 Å². The number of amides is 1. The quantitative estimate of drug-likeness (QED) is 0.894. The number of hydrogen-bond acceptors (Lipinski definition) is 3. The van der Waals surface area contributed by atoms with E-state index in [-0.39, 0.29) is 5.91 Å². The molecule has 1 amide bonds. The van der Waals surface area contributed by atoms with Gasteiger partial charge in [0.1, 0.15) is 0 Å². The van der Waals surface area contributed by atoms with Crippen molar-refractivity contribution in [3.63, 3.8) is 0 Å². The van der Waals surface area contributed by atoms with E-state index in [0.29, 0.717) is 18.2 Å². The smallest absolute Gasteiger partial charge is 0.275 e. The number of carbonyl (C=O) groups is 1. The van der Waals surface area contributed by atoms with Crippen molar-refractivity contribution in [2.75, 3.05) is 19.6 Å². The summed E-state index contributed by atoms with van der Waals surface area (Å²) in [5, 5.41) is 8.03. The highest BCUT2D eigenvalue weighted by molar-refractivity contribution is 6.04. The molecule has 1 atom stereocenters. The predicted octanol–water partition coefficient (Wildman–Crippen LogP) is 1.76. The van der Waals surface area contributed by atoms with Gasteiger partial charge in [0.2, 0.25) is 0 Å². The first kappa shape index (κ1) is 13.1. The van der Waals surface area contributed by atoms with Crippen molar-refractivity contribution in [2.45, 2.75) is 19.3 Å². The number of benzene rings is 1. The molecule has 2 aromatic rings. The summed E-state index contributed by atoms with van der Waals surface area (Å²) in [7, 11) is 0. The van der Waals surface area contributed by atoms with Gasteiger partial charge >= 0.3 is 0 Å². The highest BCUT2D eigenvalue weighted by Crippen LogP contribution is 2.23. The van der Waals surface area contributed by atoms with E-state index < -0.39 is 0 Å². The van der Waals surface area contributed by atoms with E-state index in [4.69, 9.17) is 5.73 Å². The summed E-state index contributed by atoms with van der Waals surface area (Å²) in [6, 6.07) is 7.74. The third kappa shape index (κ3) is 2.41. The van der Waals surface area contributed by atoms with Crippen molar-refractivity contribution in [3.05, 3.63) is 30.0 Å². The molecule has 0 bridgehead atoms. The Morgan fingerprint density at radius 2 is 2.30 bits per heavy atom. The normalized spacial score (nSPS) is 19.4. The van der Waals surface area contributed by atoms with E-state index in [0.717, 1.165) is 36.8 Å². The van der Waals surface area contributed by atoms with Gasteiger partial charge in [-0.2, -0.15) is 5.10 Å². The van der Waals surface area contributed by atoms with Crippen LogP contribution in [0.25, 0.3) is 10.9 Å². The van der Waals surface area contributed by atoms with Gasteiger partial charge < -0.3 is 10.6 Å². The Bertz CT molecular complexity index is 605. The van der Waals surface area contributed by atoms with Gasteiger partial charge in [0, 0.05) is 18.5 Å². The van der Waals surface area contributed by atoms with E-state index >= 15 is 0 Å². The average molecular weight is 272 g/mol. The van der Waals surface area contributed by atoms with Crippen LogP contribution in [-0.4, -0.2) is 40.6 Å². The first-order valence-corrected chi connectivity index (χ1v) is 7.22. The van der Waals surface area contributed by atoms with Gasteiger partial charge in [0.05, 0.1) is 5.52 Å². The highest BCUT2D eigenvalue weighted by Gasteiger charge is 2.26. The molecule has 1 unspecified atom stereocenters. The zero-order valence-electron chi connectivity index (χ0n) is 11.5. The molecular formula is C15H20N4O. The molecule has 106 valence electrons. The molecule has 0 aliphatic carbocycles. The molecule has 1 saturated heterocycles. The Morgan fingerprint density at radius 3 is 3.15 bits per heavy atom. The topological polar surface area (TPSA) is 75.0 Å². The van der Waals surface area contributed by atoms with Crippen LogP contribution in [0.1, 0.15) is 29.8 Å². The van der Waals surface area contributed by atoms with E-state index in [2.05, 4.69) is 10.2 Å². The van der Waals surface area contributed by atoms with Crippen LogP contribution in [0.2, 0.25) is 0 Å². The molecule has 0 spiro atoms. The van der Waals surface area contributed by atoms with Crippen molar-refractivity contribution in [1.29, 1.82) is 0 Å². The van der Waals surface area contributed by atoms with Crippen LogP contribution in [0.5, 0.6) is 0 Å². The van der Waals surface area contributed by atoms with Crippen molar-refractivity contribution in [2.24, 2.45) is 11.7 Å². The molecule has 5 heteroatoms. The van der Waals surface area contributed by atoms with Crippen LogP contribution in [-0.2, 0) is 0 Å².